The Morgan fingerprint density at radius 1 is 1.40 bits per heavy atom. The Hall–Kier alpha value is -2.72. The number of hydrazine groups is 1. The van der Waals surface area contributed by atoms with Gasteiger partial charge in [-0.3, -0.25) is 0 Å². The third-order valence-electron chi connectivity index (χ3n) is 1.33. The molecule has 3 N–H and O–H groups in total. The second kappa shape index (κ2) is 3.21. The number of rotatable bonds is 3. The highest BCUT2D eigenvalue weighted by Gasteiger charge is 2.21. The molecule has 0 aromatic carbocycles. The van der Waals surface area contributed by atoms with E-state index in [-0.39, 0.29) is 23.4 Å². The van der Waals surface area contributed by atoms with Crippen LogP contribution in [0.25, 0.3) is 11.6 Å². The molecule has 0 spiro atoms. The van der Waals surface area contributed by atoms with Crippen LogP contribution in [0.5, 0.6) is 0 Å². The molecule has 78 valence electrons. The molecule has 0 aliphatic rings. The van der Waals surface area contributed by atoms with E-state index in [1.54, 1.807) is 5.43 Å². The van der Waals surface area contributed by atoms with Crippen molar-refractivity contribution in [3.8, 4) is 11.6 Å². The maximum absolute atomic E-state index is 10.1. The fourth-order valence-electron chi connectivity index (χ4n) is 0.819. The first-order valence-corrected chi connectivity index (χ1v) is 3.50. The van der Waals surface area contributed by atoms with Crippen molar-refractivity contribution in [1.82, 2.24) is 20.5 Å². The molecule has 0 bridgehead atoms. The largest absolute Gasteiger partial charge is 0.402 e. The minimum absolute atomic E-state index is 0.0871. The fraction of sp³-hybridized carbons (Fsp3) is 0. The van der Waals surface area contributed by atoms with Crippen LogP contribution in [0.15, 0.2) is 9.05 Å². The predicted molar refractivity (Wildman–Crippen MR) is 42.6 cm³/mol. The Morgan fingerprint density at radius 2 is 2.20 bits per heavy atom. The van der Waals surface area contributed by atoms with E-state index in [1.807, 2.05) is 0 Å². The monoisotopic (exact) mass is 213 g/mol. The standard InChI is InChI=1S/C4H3N7O4/c5-4-7-6-3(14-4)1-2(8-11(12)13)10-15-9-1/h(H2,5,7)(H,8,10). The van der Waals surface area contributed by atoms with Crippen LogP contribution in [0, 0.1) is 10.1 Å². The summed E-state index contributed by atoms with van der Waals surface area (Å²) in [5.74, 6) is -0.373. The van der Waals surface area contributed by atoms with Gasteiger partial charge in [-0.05, 0) is 10.3 Å². The summed E-state index contributed by atoms with van der Waals surface area (Å²) in [6.45, 7) is 0. The van der Waals surface area contributed by atoms with E-state index in [9.17, 15) is 10.1 Å². The Morgan fingerprint density at radius 3 is 2.80 bits per heavy atom. The molecule has 2 aromatic rings. The molecule has 15 heavy (non-hydrogen) atoms. The number of hydrogen-bond donors (Lipinski definition) is 2. The molecule has 0 amide bonds. The highest BCUT2D eigenvalue weighted by molar-refractivity contribution is 5.62. The predicted octanol–water partition coefficient (Wildman–Crippen LogP) is -0.695. The van der Waals surface area contributed by atoms with E-state index in [0.717, 1.165) is 0 Å². The maximum atomic E-state index is 10.1. The summed E-state index contributed by atoms with van der Waals surface area (Å²) in [5, 5.41) is 22.7. The summed E-state index contributed by atoms with van der Waals surface area (Å²) in [6.07, 6.45) is 0. The van der Waals surface area contributed by atoms with Crippen LogP contribution in [-0.4, -0.2) is 25.5 Å². The highest BCUT2D eigenvalue weighted by atomic mass is 16.7. The van der Waals surface area contributed by atoms with Crippen LogP contribution in [0.1, 0.15) is 0 Å². The molecule has 0 unspecified atom stereocenters. The lowest BCUT2D eigenvalue weighted by molar-refractivity contribution is -0.445. The molecule has 0 saturated carbocycles. The normalized spacial score (nSPS) is 10.1. The van der Waals surface area contributed by atoms with E-state index in [0.29, 0.717) is 0 Å². The highest BCUT2D eigenvalue weighted by Crippen LogP contribution is 2.22. The third-order valence-corrected chi connectivity index (χ3v) is 1.33. The first-order valence-electron chi connectivity index (χ1n) is 3.50. The topological polar surface area (TPSA) is 159 Å². The Bertz CT molecular complexity index is 489. The minimum Gasteiger partial charge on any atom is -0.402 e. The quantitative estimate of drug-likeness (QED) is 0.492. The number of aromatic nitrogens is 4. The first kappa shape index (κ1) is 8.86. The Kier molecular flexibility index (Phi) is 1.89. The van der Waals surface area contributed by atoms with Crippen molar-refractivity contribution < 1.29 is 14.1 Å². The number of nitrogens with two attached hydrogens (primary N) is 1. The molecule has 2 aromatic heterocycles. The van der Waals surface area contributed by atoms with Gasteiger partial charge in [-0.15, -0.1) is 5.10 Å². The van der Waals surface area contributed by atoms with Crippen molar-refractivity contribution >= 4 is 11.8 Å². The van der Waals surface area contributed by atoms with Gasteiger partial charge in [0.25, 0.3) is 11.7 Å². The fourth-order valence-corrected chi connectivity index (χ4v) is 0.819. The minimum atomic E-state index is -0.831. The van der Waals surface area contributed by atoms with Gasteiger partial charge in [-0.2, -0.15) is 0 Å². The van der Waals surface area contributed by atoms with Crippen LogP contribution >= 0.6 is 0 Å². The Balaban J connectivity index is 2.36. The van der Waals surface area contributed by atoms with Crippen molar-refractivity contribution in [3.05, 3.63) is 10.1 Å². The van der Waals surface area contributed by atoms with E-state index in [4.69, 9.17) is 10.2 Å². The summed E-state index contributed by atoms with van der Waals surface area (Å²) in [5.41, 5.74) is 6.82. The summed E-state index contributed by atoms with van der Waals surface area (Å²) in [4.78, 5) is 10.1. The van der Waals surface area contributed by atoms with E-state index < -0.39 is 5.03 Å². The van der Waals surface area contributed by atoms with Gasteiger partial charge in [0.2, 0.25) is 5.69 Å². The van der Waals surface area contributed by atoms with E-state index in [1.165, 1.54) is 0 Å². The SMILES string of the molecule is Nc1nnc(-c2nonc2N[N+](=O)[O-])o1. The first-order chi connectivity index (χ1) is 7.16. The number of hydrogen-bond acceptors (Lipinski definition) is 9. The zero-order valence-corrected chi connectivity index (χ0v) is 6.95. The summed E-state index contributed by atoms with van der Waals surface area (Å²) in [7, 11) is 0. The number of nitrogen functional groups attached to an aromatic ring is 1. The molecule has 11 nitrogen and oxygen atoms in total. The zero-order chi connectivity index (χ0) is 10.8. The van der Waals surface area contributed by atoms with E-state index in [2.05, 4.69) is 25.1 Å². The Labute approximate surface area is 80.3 Å². The number of nitro groups is 1. The molecule has 0 saturated heterocycles. The lowest BCUT2D eigenvalue weighted by atomic mass is 10.4. The molecular formula is C4H3N7O4. The number of nitrogens with one attached hydrogen (secondary N) is 1. The van der Waals surface area contributed by atoms with Gasteiger partial charge in [-0.25, -0.2) is 14.7 Å². The van der Waals surface area contributed by atoms with Gasteiger partial charge in [0.05, 0.1) is 0 Å². The summed E-state index contributed by atoms with van der Waals surface area (Å²) < 4.78 is 9.06. The van der Waals surface area contributed by atoms with Crippen molar-refractivity contribution in [2.75, 3.05) is 11.2 Å². The zero-order valence-electron chi connectivity index (χ0n) is 6.95. The average molecular weight is 213 g/mol. The summed E-state index contributed by atoms with van der Waals surface area (Å²) in [6, 6.07) is -0.194. The second-order valence-corrected chi connectivity index (χ2v) is 2.28. The molecular weight excluding hydrogens is 210 g/mol. The molecule has 2 heterocycles. The number of nitrogens with zero attached hydrogens (tertiary/aromatic N) is 5. The molecule has 0 fully saturated rings. The van der Waals surface area contributed by atoms with Gasteiger partial charge >= 0.3 is 6.01 Å². The van der Waals surface area contributed by atoms with Crippen molar-refractivity contribution in [2.24, 2.45) is 0 Å². The van der Waals surface area contributed by atoms with Gasteiger partial charge in [-0.1, -0.05) is 10.5 Å². The third kappa shape index (κ3) is 1.65. The lowest BCUT2D eigenvalue weighted by Gasteiger charge is -1.89. The van der Waals surface area contributed by atoms with Gasteiger partial charge in [0.15, 0.2) is 5.03 Å². The molecule has 0 aliphatic heterocycles. The van der Waals surface area contributed by atoms with Gasteiger partial charge in [0, 0.05) is 0 Å². The van der Waals surface area contributed by atoms with Gasteiger partial charge in [0.1, 0.15) is 0 Å². The van der Waals surface area contributed by atoms with Crippen molar-refractivity contribution in [1.29, 1.82) is 0 Å². The van der Waals surface area contributed by atoms with Gasteiger partial charge < -0.3 is 10.2 Å². The maximum Gasteiger partial charge on any atom is 0.313 e. The van der Waals surface area contributed by atoms with Crippen LogP contribution in [-0.2, 0) is 0 Å². The average Bonchev–Trinajstić information content (AvgIpc) is 2.72. The second-order valence-electron chi connectivity index (χ2n) is 2.28. The van der Waals surface area contributed by atoms with Crippen LogP contribution in [0.2, 0.25) is 0 Å². The van der Waals surface area contributed by atoms with Crippen LogP contribution in [0.3, 0.4) is 0 Å². The molecule has 2 rings (SSSR count). The van der Waals surface area contributed by atoms with Crippen molar-refractivity contribution in [2.45, 2.75) is 0 Å². The van der Waals surface area contributed by atoms with Crippen molar-refractivity contribution in [3.63, 3.8) is 0 Å². The van der Waals surface area contributed by atoms with Crippen LogP contribution < -0.4 is 11.2 Å². The van der Waals surface area contributed by atoms with Crippen LogP contribution in [0.4, 0.5) is 11.8 Å². The molecule has 11 heteroatoms. The number of anilines is 2. The summed E-state index contributed by atoms with van der Waals surface area (Å²) >= 11 is 0. The molecule has 0 atom stereocenters. The smallest absolute Gasteiger partial charge is 0.313 e. The van der Waals surface area contributed by atoms with E-state index >= 15 is 0 Å². The molecule has 0 radical (unpaired) electrons. The molecule has 0 aliphatic carbocycles. The lowest BCUT2D eigenvalue weighted by Crippen LogP contribution is -2.08.